The quantitative estimate of drug-likeness (QED) is 0.671. The second-order valence-corrected chi connectivity index (χ2v) is 6.17. The molecule has 1 amide bonds. The second-order valence-electron chi connectivity index (χ2n) is 5.76. The molecule has 3 N–H and O–H groups in total. The lowest BCUT2D eigenvalue weighted by Gasteiger charge is -2.10. The SMILES string of the molecule is COC(=O)c1cnn(-c2ccc(C(=O)Nc3cccc(Cl)c3C)cc2)c1N. The molecule has 0 radical (unpaired) electrons. The van der Waals surface area contributed by atoms with Crippen molar-refractivity contribution in [3.8, 4) is 5.69 Å². The summed E-state index contributed by atoms with van der Waals surface area (Å²) in [6, 6.07) is 12.0. The number of esters is 1. The first-order valence-corrected chi connectivity index (χ1v) is 8.39. The van der Waals surface area contributed by atoms with E-state index < -0.39 is 5.97 Å². The van der Waals surface area contributed by atoms with Crippen LogP contribution in [0.15, 0.2) is 48.7 Å². The number of hydrogen-bond acceptors (Lipinski definition) is 5. The summed E-state index contributed by atoms with van der Waals surface area (Å²) in [5, 5.41) is 7.51. The molecule has 27 heavy (non-hydrogen) atoms. The summed E-state index contributed by atoms with van der Waals surface area (Å²) in [6.45, 7) is 1.83. The number of benzene rings is 2. The topological polar surface area (TPSA) is 99.2 Å². The van der Waals surface area contributed by atoms with Crippen LogP contribution >= 0.6 is 11.6 Å². The molecule has 0 aliphatic heterocycles. The van der Waals surface area contributed by atoms with E-state index in [1.54, 1.807) is 42.5 Å². The Hall–Kier alpha value is -3.32. The fourth-order valence-corrected chi connectivity index (χ4v) is 2.70. The molecular weight excluding hydrogens is 368 g/mol. The fraction of sp³-hybridized carbons (Fsp3) is 0.105. The standard InChI is InChI=1S/C19H17ClN4O3/c1-11-15(20)4-3-5-16(11)23-18(25)12-6-8-13(9-7-12)24-17(21)14(10-22-24)19(26)27-2/h3-10H,21H2,1-2H3,(H,23,25). The zero-order valence-corrected chi connectivity index (χ0v) is 15.4. The van der Waals surface area contributed by atoms with Gasteiger partial charge < -0.3 is 15.8 Å². The van der Waals surface area contributed by atoms with Crippen molar-refractivity contribution < 1.29 is 14.3 Å². The molecule has 7 nitrogen and oxygen atoms in total. The van der Waals surface area contributed by atoms with Crippen LogP contribution in [0.3, 0.4) is 0 Å². The molecule has 0 atom stereocenters. The fourth-order valence-electron chi connectivity index (χ4n) is 2.52. The van der Waals surface area contributed by atoms with Crippen molar-refractivity contribution >= 4 is 35.0 Å². The number of carbonyl (C=O) groups is 2. The first kappa shape index (κ1) is 18.5. The van der Waals surface area contributed by atoms with Crippen LogP contribution < -0.4 is 11.1 Å². The predicted octanol–water partition coefficient (Wildman–Crippen LogP) is 3.46. The summed E-state index contributed by atoms with van der Waals surface area (Å²) in [5.74, 6) is -0.671. The smallest absolute Gasteiger partial charge is 0.343 e. The number of nitrogens with two attached hydrogens (primary N) is 1. The number of amides is 1. The molecule has 0 spiro atoms. The van der Waals surface area contributed by atoms with Crippen LogP contribution in [0.1, 0.15) is 26.3 Å². The summed E-state index contributed by atoms with van der Waals surface area (Å²) < 4.78 is 6.05. The Kier molecular flexibility index (Phi) is 5.14. The summed E-state index contributed by atoms with van der Waals surface area (Å²) in [6.07, 6.45) is 1.34. The van der Waals surface area contributed by atoms with Gasteiger partial charge in [0.15, 0.2) is 0 Å². The number of nitrogens with one attached hydrogen (secondary N) is 1. The molecule has 0 aliphatic rings. The average Bonchev–Trinajstić information content (AvgIpc) is 3.06. The Morgan fingerprint density at radius 2 is 1.89 bits per heavy atom. The van der Waals surface area contributed by atoms with Crippen LogP contribution in [0.4, 0.5) is 11.5 Å². The number of nitrogens with zero attached hydrogens (tertiary/aromatic N) is 2. The van der Waals surface area contributed by atoms with Crippen molar-refractivity contribution in [2.75, 3.05) is 18.2 Å². The van der Waals surface area contributed by atoms with Gasteiger partial charge in [-0.25, -0.2) is 9.48 Å². The monoisotopic (exact) mass is 384 g/mol. The van der Waals surface area contributed by atoms with Crippen molar-refractivity contribution in [3.63, 3.8) is 0 Å². The van der Waals surface area contributed by atoms with Gasteiger partial charge in [0.2, 0.25) is 0 Å². The summed E-state index contributed by atoms with van der Waals surface area (Å²) >= 11 is 6.08. The molecule has 0 fully saturated rings. The molecule has 8 heteroatoms. The zero-order chi connectivity index (χ0) is 19.6. The minimum absolute atomic E-state index is 0.161. The summed E-state index contributed by atoms with van der Waals surface area (Å²) in [4.78, 5) is 24.1. The maximum Gasteiger partial charge on any atom is 0.343 e. The number of ether oxygens (including phenoxy) is 1. The lowest BCUT2D eigenvalue weighted by Crippen LogP contribution is -2.13. The third-order valence-corrected chi connectivity index (χ3v) is 4.51. The zero-order valence-electron chi connectivity index (χ0n) is 14.7. The highest BCUT2D eigenvalue weighted by Gasteiger charge is 2.17. The average molecular weight is 385 g/mol. The Bertz CT molecular complexity index is 1010. The van der Waals surface area contributed by atoms with Gasteiger partial charge in [0.05, 0.1) is 19.0 Å². The van der Waals surface area contributed by atoms with Gasteiger partial charge >= 0.3 is 5.97 Å². The van der Waals surface area contributed by atoms with E-state index in [9.17, 15) is 9.59 Å². The number of anilines is 2. The maximum absolute atomic E-state index is 12.5. The van der Waals surface area contributed by atoms with Crippen molar-refractivity contribution in [2.45, 2.75) is 6.92 Å². The van der Waals surface area contributed by atoms with E-state index in [-0.39, 0.29) is 17.3 Å². The molecule has 1 heterocycles. The van der Waals surface area contributed by atoms with Gasteiger partial charge in [0.25, 0.3) is 5.91 Å². The van der Waals surface area contributed by atoms with Gasteiger partial charge in [-0.05, 0) is 48.9 Å². The van der Waals surface area contributed by atoms with Gasteiger partial charge in [0.1, 0.15) is 11.4 Å². The Morgan fingerprint density at radius 1 is 1.19 bits per heavy atom. The highest BCUT2D eigenvalue weighted by atomic mass is 35.5. The van der Waals surface area contributed by atoms with Crippen LogP contribution in [0.5, 0.6) is 0 Å². The van der Waals surface area contributed by atoms with Gasteiger partial charge in [-0.3, -0.25) is 4.79 Å². The van der Waals surface area contributed by atoms with Gasteiger partial charge in [0, 0.05) is 16.3 Å². The Labute approximate surface area is 160 Å². The van der Waals surface area contributed by atoms with E-state index in [1.165, 1.54) is 18.0 Å². The Balaban J connectivity index is 1.81. The molecule has 0 saturated heterocycles. The minimum atomic E-state index is -0.563. The molecule has 138 valence electrons. The van der Waals surface area contributed by atoms with Crippen LogP contribution in [0.25, 0.3) is 5.69 Å². The minimum Gasteiger partial charge on any atom is -0.465 e. The lowest BCUT2D eigenvalue weighted by molar-refractivity contribution is 0.0602. The summed E-state index contributed by atoms with van der Waals surface area (Å²) in [7, 11) is 1.27. The molecule has 1 aromatic heterocycles. The van der Waals surface area contributed by atoms with Gasteiger partial charge in [-0.1, -0.05) is 17.7 Å². The molecular formula is C19H17ClN4O3. The largest absolute Gasteiger partial charge is 0.465 e. The highest BCUT2D eigenvalue weighted by Crippen LogP contribution is 2.24. The number of halogens is 1. The number of nitrogen functional groups attached to an aromatic ring is 1. The van der Waals surface area contributed by atoms with Crippen molar-refractivity contribution in [3.05, 3.63) is 70.4 Å². The first-order chi connectivity index (χ1) is 12.9. The normalized spacial score (nSPS) is 10.5. The maximum atomic E-state index is 12.5. The molecule has 3 rings (SSSR count). The van der Waals surface area contributed by atoms with E-state index >= 15 is 0 Å². The highest BCUT2D eigenvalue weighted by molar-refractivity contribution is 6.31. The van der Waals surface area contributed by atoms with Crippen LogP contribution in [0.2, 0.25) is 5.02 Å². The first-order valence-electron chi connectivity index (χ1n) is 8.01. The van der Waals surface area contributed by atoms with Gasteiger partial charge in [-0.15, -0.1) is 0 Å². The van der Waals surface area contributed by atoms with Crippen LogP contribution in [0, 0.1) is 6.92 Å². The summed E-state index contributed by atoms with van der Waals surface area (Å²) in [5.41, 5.74) is 8.64. The van der Waals surface area contributed by atoms with E-state index in [4.69, 9.17) is 17.3 Å². The lowest BCUT2D eigenvalue weighted by atomic mass is 10.1. The van der Waals surface area contributed by atoms with E-state index in [1.807, 2.05) is 6.92 Å². The van der Waals surface area contributed by atoms with Crippen LogP contribution in [-0.2, 0) is 4.74 Å². The second kappa shape index (κ2) is 7.51. The third kappa shape index (κ3) is 3.63. The van der Waals surface area contributed by atoms with Crippen molar-refractivity contribution in [2.24, 2.45) is 0 Å². The number of methoxy groups -OCH3 is 1. The van der Waals surface area contributed by atoms with E-state index in [0.29, 0.717) is 22.0 Å². The predicted molar refractivity (Wildman–Crippen MR) is 103 cm³/mol. The molecule has 0 aliphatic carbocycles. The molecule has 2 aromatic carbocycles. The van der Waals surface area contributed by atoms with Crippen molar-refractivity contribution in [1.29, 1.82) is 0 Å². The molecule has 0 saturated carbocycles. The number of aromatic nitrogens is 2. The molecule has 3 aromatic rings. The molecule has 0 bridgehead atoms. The number of carbonyl (C=O) groups excluding carboxylic acids is 2. The van der Waals surface area contributed by atoms with Crippen molar-refractivity contribution in [1.82, 2.24) is 9.78 Å². The third-order valence-electron chi connectivity index (χ3n) is 4.10. The van der Waals surface area contributed by atoms with E-state index in [0.717, 1.165) is 5.56 Å². The number of hydrogen-bond donors (Lipinski definition) is 2. The van der Waals surface area contributed by atoms with E-state index in [2.05, 4.69) is 15.2 Å². The molecule has 0 unspecified atom stereocenters. The van der Waals surface area contributed by atoms with Gasteiger partial charge in [-0.2, -0.15) is 5.10 Å². The number of rotatable bonds is 4. The Morgan fingerprint density at radius 3 is 2.56 bits per heavy atom. The van der Waals surface area contributed by atoms with Crippen LogP contribution in [-0.4, -0.2) is 28.8 Å².